The van der Waals surface area contributed by atoms with Gasteiger partial charge in [-0.1, -0.05) is 90.4 Å². The van der Waals surface area contributed by atoms with E-state index >= 15 is 0 Å². The van der Waals surface area contributed by atoms with Crippen LogP contribution in [-0.4, -0.2) is 47.7 Å². The summed E-state index contributed by atoms with van der Waals surface area (Å²) in [5.41, 5.74) is 0. The molecular weight excluding hydrogens is 334 g/mol. The van der Waals surface area contributed by atoms with Crippen LogP contribution in [0.4, 0.5) is 0 Å². The Hall–Kier alpha value is 1.11. The number of rotatable bonds is 18. The van der Waals surface area contributed by atoms with Crippen LogP contribution in [0.15, 0.2) is 0 Å². The summed E-state index contributed by atoms with van der Waals surface area (Å²) in [7, 11) is -3.78. The van der Waals surface area contributed by atoms with Gasteiger partial charge in [0.1, 0.15) is 0 Å². The summed E-state index contributed by atoms with van der Waals surface area (Å²) >= 11 is 0. The molecule has 1 unspecified atom stereocenters. The van der Waals surface area contributed by atoms with E-state index in [4.69, 9.17) is 4.52 Å². The molecule has 24 heavy (non-hydrogen) atoms. The first kappa shape index (κ1) is 27.3. The van der Waals surface area contributed by atoms with Crippen LogP contribution in [0.25, 0.3) is 0 Å². The second-order valence-electron chi connectivity index (χ2n) is 6.32. The van der Waals surface area contributed by atoms with Crippen LogP contribution in [0, 0.1) is 0 Å². The third-order valence-electron chi connectivity index (χ3n) is 4.04. The number of unbranched alkanes of at least 4 members (excludes halogenated alkanes) is 13. The SMILES string of the molecule is CCCCCCCCCCCCCCCCOP(=O)(O)OCC.[NaH]. The zero-order valence-electron chi connectivity index (χ0n) is 15.4. The van der Waals surface area contributed by atoms with Crippen LogP contribution in [-0.2, 0) is 13.6 Å². The Bertz CT molecular complexity index is 290. The molecule has 0 radical (unpaired) electrons. The Morgan fingerprint density at radius 1 is 0.667 bits per heavy atom. The van der Waals surface area contributed by atoms with Crippen molar-refractivity contribution in [3.05, 3.63) is 0 Å². The van der Waals surface area contributed by atoms with Gasteiger partial charge in [0.25, 0.3) is 0 Å². The van der Waals surface area contributed by atoms with Crippen molar-refractivity contribution in [2.24, 2.45) is 0 Å². The molecule has 0 saturated carbocycles. The first-order valence-corrected chi connectivity index (χ1v) is 11.2. The Kier molecular flexibility index (Phi) is 23.3. The summed E-state index contributed by atoms with van der Waals surface area (Å²) in [6.45, 7) is 4.45. The van der Waals surface area contributed by atoms with E-state index in [0.29, 0.717) is 6.61 Å². The van der Waals surface area contributed by atoms with Crippen molar-refractivity contribution in [1.29, 1.82) is 0 Å². The molecule has 0 aromatic heterocycles. The standard InChI is InChI=1S/C18H39O4P.Na.H/c1-3-5-6-7-8-9-10-11-12-13-14-15-16-17-18-22-23(19,20)21-4-2;;/h3-18H2,1-2H3,(H,19,20);;. The minimum atomic E-state index is -3.78. The zero-order valence-corrected chi connectivity index (χ0v) is 16.3. The summed E-state index contributed by atoms with van der Waals surface area (Å²) < 4.78 is 20.8. The van der Waals surface area contributed by atoms with Crippen LogP contribution in [0.1, 0.15) is 104 Å². The number of hydrogen-bond acceptors (Lipinski definition) is 3. The number of phosphoric ester groups is 1. The van der Waals surface area contributed by atoms with E-state index in [2.05, 4.69) is 11.4 Å². The summed E-state index contributed by atoms with van der Waals surface area (Å²) in [6, 6.07) is 0. The monoisotopic (exact) mass is 374 g/mol. The minimum absolute atomic E-state index is 0. The third-order valence-corrected chi connectivity index (χ3v) is 5.14. The van der Waals surface area contributed by atoms with E-state index in [9.17, 15) is 9.46 Å². The normalized spacial score (nSPS) is 13.5. The van der Waals surface area contributed by atoms with Crippen LogP contribution in [0.2, 0.25) is 0 Å². The summed E-state index contributed by atoms with van der Waals surface area (Å²) in [4.78, 5) is 9.23. The fourth-order valence-corrected chi connectivity index (χ4v) is 3.44. The molecule has 0 heterocycles. The van der Waals surface area contributed by atoms with E-state index in [0.717, 1.165) is 12.8 Å². The fourth-order valence-electron chi connectivity index (χ4n) is 2.68. The van der Waals surface area contributed by atoms with Crippen molar-refractivity contribution in [2.75, 3.05) is 13.2 Å². The molecule has 0 fully saturated rings. The average Bonchev–Trinajstić information content (AvgIpc) is 2.51. The first-order chi connectivity index (χ1) is 11.1. The van der Waals surface area contributed by atoms with Crippen molar-refractivity contribution < 1.29 is 18.5 Å². The molecule has 1 atom stereocenters. The second-order valence-corrected chi connectivity index (χ2v) is 7.77. The quantitative estimate of drug-likeness (QED) is 0.182. The van der Waals surface area contributed by atoms with Crippen LogP contribution in [0.5, 0.6) is 0 Å². The molecule has 0 aliphatic heterocycles. The van der Waals surface area contributed by atoms with Gasteiger partial charge in [0.2, 0.25) is 0 Å². The summed E-state index contributed by atoms with van der Waals surface area (Å²) in [5, 5.41) is 0. The van der Waals surface area contributed by atoms with Gasteiger partial charge in [0, 0.05) is 0 Å². The van der Waals surface area contributed by atoms with Crippen molar-refractivity contribution in [2.45, 2.75) is 104 Å². The molecule has 1 N–H and O–H groups in total. The predicted molar refractivity (Wildman–Crippen MR) is 105 cm³/mol. The molecule has 0 bridgehead atoms. The average molecular weight is 374 g/mol. The van der Waals surface area contributed by atoms with Crippen LogP contribution >= 0.6 is 7.82 Å². The summed E-state index contributed by atoms with van der Waals surface area (Å²) in [5.74, 6) is 0. The second kappa shape index (κ2) is 20.4. The van der Waals surface area contributed by atoms with Crippen molar-refractivity contribution in [3.8, 4) is 0 Å². The molecule has 0 aromatic rings. The topological polar surface area (TPSA) is 55.8 Å². The first-order valence-electron chi connectivity index (χ1n) is 9.74. The van der Waals surface area contributed by atoms with Gasteiger partial charge in [-0.05, 0) is 13.3 Å². The third kappa shape index (κ3) is 21.2. The number of hydrogen-bond donors (Lipinski definition) is 1. The molecule has 0 aromatic carbocycles. The summed E-state index contributed by atoms with van der Waals surface area (Å²) in [6.07, 6.45) is 18.1. The van der Waals surface area contributed by atoms with Gasteiger partial charge in [-0.2, -0.15) is 0 Å². The van der Waals surface area contributed by atoms with Gasteiger partial charge in [0.05, 0.1) is 13.2 Å². The molecule has 0 aliphatic rings. The molecule has 0 amide bonds. The molecule has 0 aliphatic carbocycles. The van der Waals surface area contributed by atoms with E-state index in [1.54, 1.807) is 6.92 Å². The molecule has 0 rings (SSSR count). The van der Waals surface area contributed by atoms with Gasteiger partial charge in [-0.25, -0.2) is 4.57 Å². The van der Waals surface area contributed by atoms with Crippen LogP contribution < -0.4 is 0 Å². The molecule has 0 spiro atoms. The van der Waals surface area contributed by atoms with E-state index in [1.807, 2.05) is 0 Å². The van der Waals surface area contributed by atoms with Gasteiger partial charge < -0.3 is 4.89 Å². The van der Waals surface area contributed by atoms with Crippen molar-refractivity contribution in [3.63, 3.8) is 0 Å². The van der Waals surface area contributed by atoms with E-state index < -0.39 is 7.82 Å². The number of phosphoric acid groups is 1. The van der Waals surface area contributed by atoms with Gasteiger partial charge in [-0.15, -0.1) is 0 Å². The maximum atomic E-state index is 11.3. The maximum absolute atomic E-state index is 11.3. The molecule has 0 saturated heterocycles. The van der Waals surface area contributed by atoms with E-state index in [-0.39, 0.29) is 36.2 Å². The Labute approximate surface area is 172 Å². The fraction of sp³-hybridized carbons (Fsp3) is 1.00. The van der Waals surface area contributed by atoms with E-state index in [1.165, 1.54) is 77.0 Å². The zero-order chi connectivity index (χ0) is 17.2. The molecule has 4 nitrogen and oxygen atoms in total. The Morgan fingerprint density at radius 3 is 1.42 bits per heavy atom. The molecular formula is C18H40NaO4P. The Morgan fingerprint density at radius 2 is 1.04 bits per heavy atom. The Balaban J connectivity index is 0. The predicted octanol–water partition coefficient (Wildman–Crippen LogP) is 5.97. The van der Waals surface area contributed by atoms with Gasteiger partial charge in [-0.3, -0.25) is 9.05 Å². The van der Waals surface area contributed by atoms with Gasteiger partial charge in [0.15, 0.2) is 0 Å². The van der Waals surface area contributed by atoms with Gasteiger partial charge >= 0.3 is 37.4 Å². The van der Waals surface area contributed by atoms with Crippen molar-refractivity contribution >= 4 is 37.4 Å². The van der Waals surface area contributed by atoms with Crippen molar-refractivity contribution in [1.82, 2.24) is 0 Å². The van der Waals surface area contributed by atoms with Crippen LogP contribution in [0.3, 0.4) is 0 Å². The molecule has 142 valence electrons. The molecule has 6 heteroatoms.